The Morgan fingerprint density at radius 1 is 1.39 bits per heavy atom. The van der Waals surface area contributed by atoms with Crippen LogP contribution < -0.4 is 10.1 Å². The van der Waals surface area contributed by atoms with Crippen LogP contribution in [-0.2, 0) is 0 Å². The van der Waals surface area contributed by atoms with Crippen LogP contribution in [-0.4, -0.2) is 26.9 Å². The van der Waals surface area contributed by atoms with Crippen molar-refractivity contribution in [3.63, 3.8) is 0 Å². The Labute approximate surface area is 110 Å². The Morgan fingerprint density at radius 3 is 2.78 bits per heavy atom. The molecule has 0 atom stereocenters. The third-order valence-corrected chi connectivity index (χ3v) is 2.57. The second-order valence-corrected chi connectivity index (χ2v) is 4.39. The van der Waals surface area contributed by atoms with Crippen molar-refractivity contribution in [2.75, 3.05) is 12.4 Å². The summed E-state index contributed by atoms with van der Waals surface area (Å²) < 4.78 is 6.79. The zero-order valence-corrected chi connectivity index (χ0v) is 11.1. The number of hydrogen-bond acceptors (Lipinski definition) is 5. The third kappa shape index (κ3) is 2.70. The van der Waals surface area contributed by atoms with Crippen molar-refractivity contribution >= 4 is 23.1 Å². The zero-order valence-electron chi connectivity index (χ0n) is 10.4. The number of anilines is 2. The van der Waals surface area contributed by atoms with Gasteiger partial charge in [0.2, 0.25) is 0 Å². The highest BCUT2D eigenvalue weighted by molar-refractivity contribution is 6.32. The minimum atomic E-state index is 0.262. The van der Waals surface area contributed by atoms with Crippen molar-refractivity contribution in [3.8, 4) is 6.01 Å². The van der Waals surface area contributed by atoms with E-state index in [4.69, 9.17) is 16.3 Å². The lowest BCUT2D eigenvalue weighted by Crippen LogP contribution is -2.00. The van der Waals surface area contributed by atoms with Gasteiger partial charge >= 0.3 is 6.01 Å². The molecule has 0 aromatic carbocycles. The van der Waals surface area contributed by atoms with Gasteiger partial charge in [0, 0.05) is 12.2 Å². The fourth-order valence-electron chi connectivity index (χ4n) is 1.36. The van der Waals surface area contributed by atoms with Crippen LogP contribution in [0.3, 0.4) is 0 Å². The lowest BCUT2D eigenvalue weighted by molar-refractivity contribution is 0.380. The second kappa shape index (κ2) is 5.22. The van der Waals surface area contributed by atoms with E-state index in [2.05, 4.69) is 34.2 Å². The molecule has 0 saturated heterocycles. The SMILES string of the molecule is COc1ncc(Cl)c(Nc2cnn(C(C)C)c2)n1. The van der Waals surface area contributed by atoms with Crippen LogP contribution >= 0.6 is 11.6 Å². The van der Waals surface area contributed by atoms with E-state index < -0.39 is 0 Å². The number of hydrogen-bond donors (Lipinski definition) is 1. The summed E-state index contributed by atoms with van der Waals surface area (Å²) in [5.41, 5.74) is 0.811. The standard InChI is InChI=1S/C11H14ClN5O/c1-7(2)17-6-8(4-14-17)15-10-9(12)5-13-11(16-10)18-3/h4-7H,1-3H3,(H,13,15,16). The number of nitrogens with one attached hydrogen (secondary N) is 1. The van der Waals surface area contributed by atoms with Gasteiger partial charge in [-0.15, -0.1) is 0 Å². The van der Waals surface area contributed by atoms with Crippen LogP contribution in [0, 0.1) is 0 Å². The molecule has 0 radical (unpaired) electrons. The van der Waals surface area contributed by atoms with Crippen LogP contribution in [0.4, 0.5) is 11.5 Å². The van der Waals surface area contributed by atoms with Gasteiger partial charge in [-0.05, 0) is 13.8 Å². The largest absolute Gasteiger partial charge is 0.467 e. The highest BCUT2D eigenvalue weighted by Crippen LogP contribution is 2.24. The molecule has 0 amide bonds. The summed E-state index contributed by atoms with van der Waals surface area (Å²) in [6, 6.07) is 0.564. The maximum Gasteiger partial charge on any atom is 0.318 e. The van der Waals surface area contributed by atoms with E-state index in [0.29, 0.717) is 16.9 Å². The quantitative estimate of drug-likeness (QED) is 0.923. The van der Waals surface area contributed by atoms with Crippen molar-refractivity contribution in [1.29, 1.82) is 0 Å². The van der Waals surface area contributed by atoms with Crippen molar-refractivity contribution in [1.82, 2.24) is 19.7 Å². The summed E-state index contributed by atoms with van der Waals surface area (Å²) in [5, 5.41) is 7.72. The average molecular weight is 268 g/mol. The molecule has 96 valence electrons. The molecule has 7 heteroatoms. The monoisotopic (exact) mass is 267 g/mol. The topological polar surface area (TPSA) is 64.9 Å². The van der Waals surface area contributed by atoms with E-state index in [-0.39, 0.29) is 6.01 Å². The summed E-state index contributed by atoms with van der Waals surface area (Å²) in [7, 11) is 1.50. The van der Waals surface area contributed by atoms with Gasteiger partial charge in [-0.1, -0.05) is 11.6 Å². The number of rotatable bonds is 4. The molecule has 2 rings (SSSR count). The van der Waals surface area contributed by atoms with E-state index in [9.17, 15) is 0 Å². The Kier molecular flexibility index (Phi) is 3.66. The van der Waals surface area contributed by atoms with Crippen LogP contribution in [0.1, 0.15) is 19.9 Å². The average Bonchev–Trinajstić information content (AvgIpc) is 2.81. The molecule has 0 unspecified atom stereocenters. The van der Waals surface area contributed by atoms with Gasteiger partial charge in [0.1, 0.15) is 5.02 Å². The van der Waals surface area contributed by atoms with Crippen molar-refractivity contribution < 1.29 is 4.74 Å². The normalized spacial score (nSPS) is 10.7. The van der Waals surface area contributed by atoms with Crippen molar-refractivity contribution in [2.24, 2.45) is 0 Å². The maximum atomic E-state index is 6.00. The summed E-state index contributed by atoms with van der Waals surface area (Å²) >= 11 is 6.00. The maximum absolute atomic E-state index is 6.00. The van der Waals surface area contributed by atoms with E-state index in [0.717, 1.165) is 5.69 Å². The minimum absolute atomic E-state index is 0.262. The Morgan fingerprint density at radius 2 is 2.17 bits per heavy atom. The Balaban J connectivity index is 2.22. The summed E-state index contributed by atoms with van der Waals surface area (Å²) in [5.74, 6) is 0.492. The highest BCUT2D eigenvalue weighted by atomic mass is 35.5. The van der Waals surface area contributed by atoms with Crippen LogP contribution in [0.15, 0.2) is 18.6 Å². The molecule has 0 bridgehead atoms. The molecular weight excluding hydrogens is 254 g/mol. The first-order chi connectivity index (χ1) is 8.60. The van der Waals surface area contributed by atoms with Gasteiger partial charge in [0.15, 0.2) is 5.82 Å². The van der Waals surface area contributed by atoms with E-state index in [1.54, 1.807) is 6.20 Å². The first-order valence-electron chi connectivity index (χ1n) is 5.48. The third-order valence-electron chi connectivity index (χ3n) is 2.30. The Bertz CT molecular complexity index is 540. The number of nitrogens with zero attached hydrogens (tertiary/aromatic N) is 4. The first kappa shape index (κ1) is 12.6. The molecule has 2 aromatic rings. The molecule has 0 saturated carbocycles. The van der Waals surface area contributed by atoms with E-state index in [1.165, 1.54) is 13.3 Å². The summed E-state index contributed by atoms with van der Waals surface area (Å²) in [6.45, 7) is 4.11. The highest BCUT2D eigenvalue weighted by Gasteiger charge is 2.08. The minimum Gasteiger partial charge on any atom is -0.467 e. The fourth-order valence-corrected chi connectivity index (χ4v) is 1.50. The predicted octanol–water partition coefficient (Wildman–Crippen LogP) is 2.66. The molecule has 18 heavy (non-hydrogen) atoms. The molecule has 0 fully saturated rings. The molecular formula is C11H14ClN5O. The van der Waals surface area contributed by atoms with Crippen molar-refractivity contribution in [2.45, 2.75) is 19.9 Å². The van der Waals surface area contributed by atoms with Gasteiger partial charge < -0.3 is 10.1 Å². The van der Waals surface area contributed by atoms with Crippen LogP contribution in [0.2, 0.25) is 5.02 Å². The Hall–Kier alpha value is -1.82. The number of methoxy groups -OCH3 is 1. The van der Waals surface area contributed by atoms with Crippen LogP contribution in [0.25, 0.3) is 0 Å². The predicted molar refractivity (Wildman–Crippen MR) is 69.5 cm³/mol. The molecule has 0 aliphatic carbocycles. The summed E-state index contributed by atoms with van der Waals surface area (Å²) in [4.78, 5) is 8.03. The van der Waals surface area contributed by atoms with Gasteiger partial charge in [-0.2, -0.15) is 10.1 Å². The van der Waals surface area contributed by atoms with E-state index >= 15 is 0 Å². The lowest BCUT2D eigenvalue weighted by Gasteiger charge is -2.06. The molecule has 2 aromatic heterocycles. The number of aromatic nitrogens is 4. The second-order valence-electron chi connectivity index (χ2n) is 3.98. The lowest BCUT2D eigenvalue weighted by atomic mass is 10.4. The van der Waals surface area contributed by atoms with E-state index in [1.807, 2.05) is 10.9 Å². The van der Waals surface area contributed by atoms with Gasteiger partial charge in [-0.3, -0.25) is 4.68 Å². The van der Waals surface area contributed by atoms with Crippen LogP contribution in [0.5, 0.6) is 6.01 Å². The molecule has 0 spiro atoms. The smallest absolute Gasteiger partial charge is 0.318 e. The zero-order chi connectivity index (χ0) is 13.1. The summed E-state index contributed by atoms with van der Waals surface area (Å²) in [6.07, 6.45) is 5.09. The molecule has 0 aliphatic rings. The van der Waals surface area contributed by atoms with Gasteiger partial charge in [-0.25, -0.2) is 4.98 Å². The fraction of sp³-hybridized carbons (Fsp3) is 0.364. The van der Waals surface area contributed by atoms with Crippen molar-refractivity contribution in [3.05, 3.63) is 23.6 Å². The molecule has 0 aliphatic heterocycles. The van der Waals surface area contributed by atoms with Gasteiger partial charge in [0.25, 0.3) is 0 Å². The van der Waals surface area contributed by atoms with Gasteiger partial charge in [0.05, 0.1) is 25.2 Å². The molecule has 1 N–H and O–H groups in total. The number of ether oxygens (including phenoxy) is 1. The molecule has 6 nitrogen and oxygen atoms in total. The first-order valence-corrected chi connectivity index (χ1v) is 5.85. The number of halogens is 1. The molecule has 2 heterocycles.